The lowest BCUT2D eigenvalue weighted by Crippen LogP contribution is -2.22. The van der Waals surface area contributed by atoms with E-state index in [0.29, 0.717) is 5.56 Å². The summed E-state index contributed by atoms with van der Waals surface area (Å²) >= 11 is 5.14. The van der Waals surface area contributed by atoms with Crippen molar-refractivity contribution in [2.75, 3.05) is 0 Å². The Hall–Kier alpha value is -0.710. The first-order valence-corrected chi connectivity index (χ1v) is 7.49. The van der Waals surface area contributed by atoms with Crippen LogP contribution in [0.5, 0.6) is 0 Å². The van der Waals surface area contributed by atoms with Crippen molar-refractivity contribution in [3.63, 3.8) is 0 Å². The molecule has 0 aliphatic heterocycles. The number of hydrogen-bond donors (Lipinski definition) is 1. The normalized spacial score (nSPS) is 14.4. The van der Waals surface area contributed by atoms with E-state index >= 15 is 0 Å². The van der Waals surface area contributed by atoms with Gasteiger partial charge in [-0.3, -0.25) is 0 Å². The molecule has 2 aromatic rings. The number of rotatable bonds is 4. The second kappa shape index (κ2) is 5.95. The highest BCUT2D eigenvalue weighted by atomic mass is 79.9. The summed E-state index contributed by atoms with van der Waals surface area (Å²) < 4.78 is 14.7. The van der Waals surface area contributed by atoms with Gasteiger partial charge in [-0.15, -0.1) is 11.3 Å². The van der Waals surface area contributed by atoms with Gasteiger partial charge in [0.1, 0.15) is 5.82 Å². The Morgan fingerprint density at radius 3 is 2.56 bits per heavy atom. The zero-order chi connectivity index (χ0) is 13.1. The lowest BCUT2D eigenvalue weighted by molar-refractivity contribution is 0.478. The molecule has 2 rings (SSSR count). The molecular formula is C14H15BrFNS. The van der Waals surface area contributed by atoms with Gasteiger partial charge in [0.2, 0.25) is 0 Å². The molecule has 0 aliphatic carbocycles. The molecule has 1 aromatic carbocycles. The van der Waals surface area contributed by atoms with E-state index in [1.165, 1.54) is 10.9 Å². The van der Waals surface area contributed by atoms with E-state index < -0.39 is 0 Å². The molecule has 0 aliphatic rings. The lowest BCUT2D eigenvalue weighted by Gasteiger charge is -2.19. The molecule has 1 aromatic heterocycles. The fraction of sp³-hybridized carbons (Fsp3) is 0.286. The quantitative estimate of drug-likeness (QED) is 0.827. The molecule has 96 valence electrons. The van der Waals surface area contributed by atoms with E-state index in [-0.39, 0.29) is 17.9 Å². The molecule has 2 atom stereocenters. The van der Waals surface area contributed by atoms with Crippen LogP contribution in [0.15, 0.2) is 40.2 Å². The maximum Gasteiger partial charge on any atom is 0.127 e. The Kier molecular flexibility index (Phi) is 4.54. The number of thiophene rings is 1. The molecule has 18 heavy (non-hydrogen) atoms. The first-order valence-electron chi connectivity index (χ1n) is 5.82. The predicted octanol–water partition coefficient (Wildman–Crippen LogP) is 5.06. The largest absolute Gasteiger partial charge is 0.303 e. The summed E-state index contributed by atoms with van der Waals surface area (Å²) in [6.07, 6.45) is 0. The summed E-state index contributed by atoms with van der Waals surface area (Å²) in [5.74, 6) is -0.155. The number of halogens is 2. The molecule has 1 heterocycles. The first kappa shape index (κ1) is 13.7. The Morgan fingerprint density at radius 2 is 1.94 bits per heavy atom. The summed E-state index contributed by atoms with van der Waals surface area (Å²) in [4.78, 5) is 1.24. The van der Waals surface area contributed by atoms with Gasteiger partial charge in [-0.2, -0.15) is 0 Å². The molecule has 1 unspecified atom stereocenters. The van der Waals surface area contributed by atoms with Crippen molar-refractivity contribution in [3.05, 3.63) is 56.4 Å². The van der Waals surface area contributed by atoms with E-state index in [1.807, 2.05) is 19.1 Å². The topological polar surface area (TPSA) is 12.0 Å². The zero-order valence-corrected chi connectivity index (χ0v) is 12.7. The lowest BCUT2D eigenvalue weighted by atomic mass is 10.1. The van der Waals surface area contributed by atoms with Gasteiger partial charge >= 0.3 is 0 Å². The molecule has 0 saturated carbocycles. The number of benzene rings is 1. The summed E-state index contributed by atoms with van der Waals surface area (Å²) in [6, 6.07) is 9.19. The first-order chi connectivity index (χ1) is 8.58. The molecule has 0 saturated heterocycles. The average Bonchev–Trinajstić information content (AvgIpc) is 2.76. The van der Waals surface area contributed by atoms with Crippen LogP contribution in [0.1, 0.15) is 36.4 Å². The van der Waals surface area contributed by atoms with E-state index in [9.17, 15) is 4.39 Å². The molecule has 4 heteroatoms. The maximum atomic E-state index is 13.7. The van der Waals surface area contributed by atoms with Gasteiger partial charge in [0.05, 0.1) is 0 Å². The minimum absolute atomic E-state index is 0.0120. The second-order valence-corrected chi connectivity index (χ2v) is 6.16. The minimum Gasteiger partial charge on any atom is -0.303 e. The van der Waals surface area contributed by atoms with E-state index in [2.05, 4.69) is 39.6 Å². The van der Waals surface area contributed by atoms with Crippen molar-refractivity contribution < 1.29 is 4.39 Å². The van der Waals surface area contributed by atoms with E-state index in [0.717, 1.165) is 4.47 Å². The van der Waals surface area contributed by atoms with Crippen LogP contribution < -0.4 is 5.32 Å². The third-order valence-electron chi connectivity index (χ3n) is 2.89. The standard InChI is InChI=1S/C14H15BrFNS/c1-9(12-5-3-4-6-13(12)16)17-10(2)14-7-11(15)8-18-14/h3-10,17H,1-2H3/t9-,10?/m1/s1. The van der Waals surface area contributed by atoms with Crippen LogP contribution in [-0.4, -0.2) is 0 Å². The van der Waals surface area contributed by atoms with Crippen LogP contribution in [0, 0.1) is 5.82 Å². The van der Waals surface area contributed by atoms with Gasteiger partial charge in [-0.05, 0) is 41.9 Å². The van der Waals surface area contributed by atoms with Gasteiger partial charge in [0.25, 0.3) is 0 Å². The molecule has 0 fully saturated rings. The Bertz CT molecular complexity index is 526. The molecule has 0 spiro atoms. The summed E-state index contributed by atoms with van der Waals surface area (Å²) in [5.41, 5.74) is 0.708. The van der Waals surface area contributed by atoms with Crippen molar-refractivity contribution in [3.8, 4) is 0 Å². The van der Waals surface area contributed by atoms with Crippen molar-refractivity contribution >= 4 is 27.3 Å². The van der Waals surface area contributed by atoms with Crippen LogP contribution in [0.25, 0.3) is 0 Å². The Labute approximate surface area is 119 Å². The highest BCUT2D eigenvalue weighted by molar-refractivity contribution is 9.10. The average molecular weight is 328 g/mol. The van der Waals surface area contributed by atoms with Crippen LogP contribution >= 0.6 is 27.3 Å². The summed E-state index contributed by atoms with van der Waals surface area (Å²) in [7, 11) is 0. The smallest absolute Gasteiger partial charge is 0.127 e. The van der Waals surface area contributed by atoms with Crippen LogP contribution in [0.4, 0.5) is 4.39 Å². The van der Waals surface area contributed by atoms with Crippen LogP contribution in [-0.2, 0) is 0 Å². The van der Waals surface area contributed by atoms with Gasteiger partial charge in [0, 0.05) is 32.4 Å². The number of hydrogen-bond acceptors (Lipinski definition) is 2. The highest BCUT2D eigenvalue weighted by Gasteiger charge is 2.15. The fourth-order valence-electron chi connectivity index (χ4n) is 1.93. The molecule has 0 radical (unpaired) electrons. The van der Waals surface area contributed by atoms with Crippen LogP contribution in [0.3, 0.4) is 0 Å². The van der Waals surface area contributed by atoms with E-state index in [4.69, 9.17) is 0 Å². The zero-order valence-electron chi connectivity index (χ0n) is 10.3. The molecule has 1 nitrogen and oxygen atoms in total. The predicted molar refractivity (Wildman–Crippen MR) is 78.4 cm³/mol. The maximum absolute atomic E-state index is 13.7. The van der Waals surface area contributed by atoms with Crippen LogP contribution in [0.2, 0.25) is 0 Å². The van der Waals surface area contributed by atoms with Crippen molar-refractivity contribution in [2.45, 2.75) is 25.9 Å². The van der Waals surface area contributed by atoms with Gasteiger partial charge < -0.3 is 5.32 Å². The summed E-state index contributed by atoms with van der Waals surface area (Å²) in [5, 5.41) is 5.47. The number of nitrogens with one attached hydrogen (secondary N) is 1. The summed E-state index contributed by atoms with van der Waals surface area (Å²) in [6.45, 7) is 4.08. The third kappa shape index (κ3) is 3.19. The van der Waals surface area contributed by atoms with Crippen molar-refractivity contribution in [1.82, 2.24) is 5.32 Å². The highest BCUT2D eigenvalue weighted by Crippen LogP contribution is 2.27. The van der Waals surface area contributed by atoms with E-state index in [1.54, 1.807) is 17.4 Å². The molecule has 0 amide bonds. The third-order valence-corrected chi connectivity index (χ3v) is 4.76. The Morgan fingerprint density at radius 1 is 1.22 bits per heavy atom. The molecule has 1 N–H and O–H groups in total. The van der Waals surface area contributed by atoms with Crippen molar-refractivity contribution in [1.29, 1.82) is 0 Å². The molecular weight excluding hydrogens is 313 g/mol. The monoisotopic (exact) mass is 327 g/mol. The van der Waals surface area contributed by atoms with Gasteiger partial charge in [0.15, 0.2) is 0 Å². The van der Waals surface area contributed by atoms with Gasteiger partial charge in [-0.25, -0.2) is 4.39 Å². The van der Waals surface area contributed by atoms with Crippen molar-refractivity contribution in [2.24, 2.45) is 0 Å². The van der Waals surface area contributed by atoms with Gasteiger partial charge in [-0.1, -0.05) is 18.2 Å². The SMILES string of the molecule is CC(N[C@H](C)c1ccccc1F)c1cc(Br)cs1. The second-order valence-electron chi connectivity index (χ2n) is 4.30. The minimum atomic E-state index is -0.155. The Balaban J connectivity index is 2.08. The molecule has 0 bridgehead atoms. The fourth-order valence-corrected chi connectivity index (χ4v) is 3.39.